The molecule has 0 bridgehead atoms. The van der Waals surface area contributed by atoms with Crippen LogP contribution in [0, 0.1) is 0 Å². The minimum atomic E-state index is -2.17. The second-order valence-electron chi connectivity index (χ2n) is 1.73. The molecule has 0 saturated heterocycles. The fourth-order valence-electron chi connectivity index (χ4n) is 0. The maximum absolute atomic E-state index is 7.17. The smallest absolute Gasteiger partial charge is 1.00 e. The minimum absolute atomic E-state index is 0. The second kappa shape index (κ2) is 134. The van der Waals surface area contributed by atoms with E-state index < -0.39 is 36.6 Å². The van der Waals surface area contributed by atoms with Crippen molar-refractivity contribution in [2.45, 2.75) is 0 Å². The number of hydrogen-bond donors (Lipinski definition) is 16. The van der Waals surface area contributed by atoms with Crippen LogP contribution in [-0.4, -0.2) is 112 Å². The summed E-state index contributed by atoms with van der Waals surface area (Å²) in [5, 5.41) is 108. The van der Waals surface area contributed by atoms with Crippen LogP contribution in [0.3, 0.4) is 0 Å². The van der Waals surface area contributed by atoms with Gasteiger partial charge in [-0.25, -0.2) is 0 Å². The fraction of sp³-hybridized carbons (Fsp3) is 0. The van der Waals surface area contributed by atoms with Crippen molar-refractivity contribution in [3.63, 3.8) is 0 Å². The molecule has 18 N–H and O–H groups in total. The van der Waals surface area contributed by atoms with Crippen LogP contribution >= 0.6 is 12.4 Å². The molecule has 0 atom stereocenters. The Balaban J connectivity index is -0.00000000148. The fourth-order valence-corrected chi connectivity index (χ4v) is 0. The minimum Gasteiger partial charge on any atom is -1.00 e. The summed E-state index contributed by atoms with van der Waals surface area (Å²) in [6, 6.07) is 0. The third-order valence-electron chi connectivity index (χ3n) is 0. The zero-order valence-electron chi connectivity index (χ0n) is 38.7. The monoisotopic (exact) mass is 699 g/mol. The third kappa shape index (κ3) is 542. The number of rotatable bonds is 0. The van der Waals surface area contributed by atoms with Gasteiger partial charge in [-0.05, 0) is 0 Å². The van der Waals surface area contributed by atoms with E-state index in [0.29, 0.717) is 0 Å². The summed E-state index contributed by atoms with van der Waals surface area (Å²) in [5.41, 5.74) is 0. The summed E-state index contributed by atoms with van der Waals surface area (Å²) in [6.07, 6.45) is 0. The first-order chi connectivity index (χ1) is 8.66. The van der Waals surface area contributed by atoms with E-state index in [0.717, 1.165) is 0 Å². The normalized spacial score (nSPS) is 3.75. The van der Waals surface area contributed by atoms with Gasteiger partial charge >= 0.3 is 450 Å². The SMILES string of the molecule is Cl.N.OB(O)O.OB(O)O.OB(O)O.OB(O)O.OB(O)O.[H-].[H-].[H-].[H-].[H-].[H-].[H-].[H-].[H-].[H-].[H-].[H-].[H-].[H-].[Na+].[Na+].[Na+].[Na+].[Na+].[Na+].[Na+].[Na+].[Na+].[Na+].[Na+].[Na+].[Na+].[Na+]. The van der Waals surface area contributed by atoms with Crippen molar-refractivity contribution in [1.82, 2.24) is 6.15 Å². The summed E-state index contributed by atoms with van der Waals surface area (Å²) in [6.45, 7) is 0. The molecule has 0 aromatic heterocycles. The molecule has 0 amide bonds. The van der Waals surface area contributed by atoms with Gasteiger partial charge in [0.1, 0.15) is 0 Å². The molecule has 164 valence electrons. The van der Waals surface area contributed by atoms with E-state index in [9.17, 15) is 0 Å². The van der Waals surface area contributed by atoms with Gasteiger partial charge in [-0.2, -0.15) is 0 Å². The molecular formula is H33B5ClNNa14O15. The quantitative estimate of drug-likeness (QED) is 0.104. The average Bonchev–Trinajstić information content (AvgIpc) is 1.94. The summed E-state index contributed by atoms with van der Waals surface area (Å²) >= 11 is 0. The van der Waals surface area contributed by atoms with Crippen LogP contribution in [0.5, 0.6) is 0 Å². The summed E-state index contributed by atoms with van der Waals surface area (Å²) in [4.78, 5) is 0. The first-order valence-corrected chi connectivity index (χ1v) is 3.87. The molecule has 36 heavy (non-hydrogen) atoms. The molecule has 0 radical (unpaired) electrons. The standard InChI is InChI=1S/5BH3O3.ClH.H3N.14Na.14H/c5*2-1(3)4;;;;;;;;;;;;;;;;;;;;;;;;;;;;;;/h5*2-4H;1H;1H3;;;;;;;;;;;;;;;;;;;;;;;;;;;;/q;;;;;;;14*+1;14*-1. The van der Waals surface area contributed by atoms with Gasteiger partial charge in [0.15, 0.2) is 0 Å². The van der Waals surface area contributed by atoms with Crippen molar-refractivity contribution in [1.29, 1.82) is 0 Å². The molecule has 0 saturated carbocycles. The van der Waals surface area contributed by atoms with Crippen LogP contribution in [0.25, 0.3) is 0 Å². The van der Waals surface area contributed by atoms with E-state index in [1.165, 1.54) is 0 Å². The molecule has 16 nitrogen and oxygen atoms in total. The van der Waals surface area contributed by atoms with Crippen LogP contribution in [-0.2, 0) is 0 Å². The van der Waals surface area contributed by atoms with E-state index >= 15 is 0 Å². The van der Waals surface area contributed by atoms with Gasteiger partial charge in [0.25, 0.3) is 0 Å². The van der Waals surface area contributed by atoms with Crippen molar-refractivity contribution in [3.8, 4) is 0 Å². The molecular weight excluding hydrogens is 665 g/mol. The molecule has 0 unspecified atom stereocenters. The van der Waals surface area contributed by atoms with Gasteiger partial charge in [0.05, 0.1) is 0 Å². The predicted molar refractivity (Wildman–Crippen MR) is 89.9 cm³/mol. The Labute approximate surface area is 550 Å². The van der Waals surface area contributed by atoms with Crippen molar-refractivity contribution >= 4 is 49.0 Å². The molecule has 0 aromatic carbocycles. The molecule has 0 heterocycles. The summed E-state index contributed by atoms with van der Waals surface area (Å²) in [5.74, 6) is 0. The Morgan fingerprint density at radius 1 is 0.222 bits per heavy atom. The largest absolute Gasteiger partial charge is 1.00 e. The van der Waals surface area contributed by atoms with Crippen LogP contribution in [0.1, 0.15) is 20.0 Å². The van der Waals surface area contributed by atoms with E-state index in [-0.39, 0.29) is 452 Å². The van der Waals surface area contributed by atoms with Gasteiger partial charge in [0, 0.05) is 0 Å². The first-order valence-electron chi connectivity index (χ1n) is 3.87. The second-order valence-corrected chi connectivity index (χ2v) is 1.73. The van der Waals surface area contributed by atoms with Crippen molar-refractivity contribution in [3.05, 3.63) is 0 Å². The number of hydrogen-bond acceptors (Lipinski definition) is 16. The molecule has 0 aromatic rings. The Bertz CT molecular complexity index is 164. The van der Waals surface area contributed by atoms with Gasteiger partial charge < -0.3 is 101 Å². The molecule has 0 fully saturated rings. The van der Waals surface area contributed by atoms with Gasteiger partial charge in [-0.1, -0.05) is 0 Å². The third-order valence-corrected chi connectivity index (χ3v) is 0. The van der Waals surface area contributed by atoms with Crippen molar-refractivity contribution in [2.75, 3.05) is 0 Å². The summed E-state index contributed by atoms with van der Waals surface area (Å²) in [7, 11) is -10.8. The van der Waals surface area contributed by atoms with Crippen molar-refractivity contribution < 1.29 is 509 Å². The first kappa shape index (κ1) is 143. The molecule has 36 heteroatoms. The zero-order chi connectivity index (χ0) is 17.9. The Hall–Kier alpha value is 14.0. The Morgan fingerprint density at radius 3 is 0.222 bits per heavy atom. The predicted octanol–water partition coefficient (Wildman–Crippen LogP) is -50.0. The van der Waals surface area contributed by atoms with E-state index in [2.05, 4.69) is 0 Å². The van der Waals surface area contributed by atoms with E-state index in [1.807, 2.05) is 0 Å². The maximum Gasteiger partial charge on any atom is 1.00 e. The molecule has 0 rings (SSSR count). The van der Waals surface area contributed by atoms with E-state index in [4.69, 9.17) is 75.4 Å². The van der Waals surface area contributed by atoms with E-state index in [1.54, 1.807) is 0 Å². The number of halogens is 1. The van der Waals surface area contributed by atoms with Crippen LogP contribution in [0.4, 0.5) is 0 Å². The van der Waals surface area contributed by atoms with Crippen LogP contribution < -0.4 is 420 Å². The van der Waals surface area contributed by atoms with Gasteiger partial charge in [-0.15, -0.1) is 12.4 Å². The summed E-state index contributed by atoms with van der Waals surface area (Å²) < 4.78 is 0. The van der Waals surface area contributed by atoms with Gasteiger partial charge in [0.2, 0.25) is 0 Å². The van der Waals surface area contributed by atoms with Crippen molar-refractivity contribution in [2.24, 2.45) is 0 Å². The molecule has 0 aliphatic heterocycles. The molecule has 0 spiro atoms. The van der Waals surface area contributed by atoms with Crippen LogP contribution in [0.2, 0.25) is 0 Å². The van der Waals surface area contributed by atoms with Gasteiger partial charge in [-0.3, -0.25) is 0 Å². The molecule has 0 aliphatic carbocycles. The maximum atomic E-state index is 7.17. The topological polar surface area (TPSA) is 338 Å². The Kier molecular flexibility index (Phi) is 532. The Morgan fingerprint density at radius 2 is 0.222 bits per heavy atom. The van der Waals surface area contributed by atoms with Crippen LogP contribution in [0.15, 0.2) is 0 Å². The average molecular weight is 699 g/mol. The zero-order valence-corrected chi connectivity index (χ0v) is 53.5. The molecule has 0 aliphatic rings.